The molecule has 7 unspecified atom stereocenters. The first kappa shape index (κ1) is 30.7. The largest absolute Gasteiger partial charge is 0.444 e. The summed E-state index contributed by atoms with van der Waals surface area (Å²) in [5.74, 6) is -5.21. The SMILES string of the molecule is O=C(NC1C2OS(=O)(=O)C3C2OC1C3C(=O)OC(C(F)(F)F)C(F)(F)S(=O)(=O)O)c1cc(I)cc(I)c1I. The highest BCUT2D eigenvalue weighted by Gasteiger charge is 2.74. The second kappa shape index (κ2) is 9.95. The highest BCUT2D eigenvalue weighted by molar-refractivity contribution is 14.1. The third-order valence-corrected chi connectivity index (χ3v) is 12.2. The van der Waals surface area contributed by atoms with Crippen LogP contribution in [0.15, 0.2) is 12.1 Å². The van der Waals surface area contributed by atoms with E-state index in [1.54, 1.807) is 6.07 Å². The summed E-state index contributed by atoms with van der Waals surface area (Å²) in [6.07, 6.45) is -15.4. The first-order chi connectivity index (χ1) is 17.2. The van der Waals surface area contributed by atoms with Crippen LogP contribution in [-0.4, -0.2) is 80.4 Å². The zero-order valence-electron chi connectivity index (χ0n) is 17.7. The Morgan fingerprint density at radius 2 is 1.68 bits per heavy atom. The Hall–Kier alpha value is -0.220. The molecule has 0 saturated carbocycles. The summed E-state index contributed by atoms with van der Waals surface area (Å²) in [4.78, 5) is 25.8. The maximum atomic E-state index is 13.9. The standard InChI is InChI=1S/C17H11F5I3NO10S2/c18-16(19,20)15(17(21,22)38(31,32)33)35-14(28)6-9-8(10-11(34-9)12(6)37(29,30)36-10)26-13(27)4-1-3(23)2-5(24)7(4)25/h1-2,6,8-12,15H,(H,26,27)(H,31,32,33). The first-order valence-corrected chi connectivity index (χ1v) is 16.0. The van der Waals surface area contributed by atoms with Crippen molar-refractivity contribution in [3.05, 3.63) is 28.4 Å². The van der Waals surface area contributed by atoms with Crippen LogP contribution in [-0.2, 0) is 38.7 Å². The highest BCUT2D eigenvalue weighted by Crippen LogP contribution is 2.51. The van der Waals surface area contributed by atoms with Gasteiger partial charge in [0.1, 0.15) is 23.4 Å². The number of ether oxygens (including phenoxy) is 2. The van der Waals surface area contributed by atoms with Crippen LogP contribution in [0, 0.1) is 16.6 Å². The minimum atomic E-state index is -6.73. The number of esters is 1. The lowest BCUT2D eigenvalue weighted by molar-refractivity contribution is -0.261. The van der Waals surface area contributed by atoms with Crippen LogP contribution in [0.25, 0.3) is 0 Å². The summed E-state index contributed by atoms with van der Waals surface area (Å²) in [7, 11) is -11.5. The fourth-order valence-corrected chi connectivity index (χ4v) is 9.11. The van der Waals surface area contributed by atoms with E-state index in [1.165, 1.54) is 6.07 Å². The minimum Gasteiger partial charge on any atom is -0.444 e. The number of fused-ring (bicyclic) bond motifs is 1. The molecule has 21 heteroatoms. The molecule has 2 N–H and O–H groups in total. The molecular formula is C17H11F5I3NO10S2. The number of carbonyl (C=O) groups is 2. The van der Waals surface area contributed by atoms with Crippen molar-refractivity contribution >= 4 is 99.9 Å². The first-order valence-electron chi connectivity index (χ1n) is 9.83. The maximum absolute atomic E-state index is 13.9. The molecule has 1 amide bonds. The zero-order chi connectivity index (χ0) is 28.7. The number of benzene rings is 1. The molecule has 11 nitrogen and oxygen atoms in total. The molecule has 212 valence electrons. The van der Waals surface area contributed by atoms with Crippen molar-refractivity contribution in [3.8, 4) is 0 Å². The molecule has 0 aromatic heterocycles. The summed E-state index contributed by atoms with van der Waals surface area (Å²) in [5, 5.41) is -5.58. The van der Waals surface area contributed by atoms with Crippen molar-refractivity contribution in [3.63, 3.8) is 0 Å². The summed E-state index contributed by atoms with van der Waals surface area (Å²) in [5.41, 5.74) is 0.131. The van der Waals surface area contributed by atoms with E-state index in [9.17, 15) is 48.4 Å². The second-order valence-corrected chi connectivity index (χ2v) is 15.0. The van der Waals surface area contributed by atoms with E-state index in [0.29, 0.717) is 10.7 Å². The van der Waals surface area contributed by atoms with E-state index in [0.717, 1.165) is 0 Å². The van der Waals surface area contributed by atoms with Gasteiger partial charge in [-0.25, -0.2) is 0 Å². The molecule has 3 heterocycles. The summed E-state index contributed by atoms with van der Waals surface area (Å²) in [6, 6.07) is 1.79. The van der Waals surface area contributed by atoms with Crippen LogP contribution in [0.1, 0.15) is 10.4 Å². The summed E-state index contributed by atoms with van der Waals surface area (Å²) < 4.78 is 139. The van der Waals surface area contributed by atoms with Crippen molar-refractivity contribution in [1.29, 1.82) is 0 Å². The number of hydrogen-bond donors (Lipinski definition) is 2. The topological polar surface area (TPSA) is 162 Å². The van der Waals surface area contributed by atoms with Crippen LogP contribution in [0.5, 0.6) is 0 Å². The molecule has 3 aliphatic rings. The average molecular weight is 929 g/mol. The smallest absolute Gasteiger partial charge is 0.432 e. The van der Waals surface area contributed by atoms with E-state index in [-0.39, 0.29) is 5.56 Å². The maximum Gasteiger partial charge on any atom is 0.432 e. The molecule has 2 bridgehead atoms. The lowest BCUT2D eigenvalue weighted by atomic mass is 9.83. The van der Waals surface area contributed by atoms with Gasteiger partial charge < -0.3 is 14.8 Å². The Morgan fingerprint density at radius 1 is 1.08 bits per heavy atom. The minimum absolute atomic E-state index is 0.131. The number of carbonyl (C=O) groups excluding carboxylic acids is 2. The third-order valence-electron chi connectivity index (χ3n) is 5.94. The average Bonchev–Trinajstić information content (AvgIpc) is 3.35. The predicted octanol–water partition coefficient (Wildman–Crippen LogP) is 2.05. The van der Waals surface area contributed by atoms with Crippen molar-refractivity contribution in [2.24, 2.45) is 5.92 Å². The molecule has 0 radical (unpaired) electrons. The van der Waals surface area contributed by atoms with Crippen LogP contribution < -0.4 is 5.32 Å². The molecule has 1 aromatic rings. The third kappa shape index (κ3) is 5.14. The molecular weight excluding hydrogens is 918 g/mol. The highest BCUT2D eigenvalue weighted by atomic mass is 127. The van der Waals surface area contributed by atoms with E-state index >= 15 is 0 Å². The van der Waals surface area contributed by atoms with Gasteiger partial charge in [0.15, 0.2) is 0 Å². The van der Waals surface area contributed by atoms with Crippen molar-refractivity contribution in [1.82, 2.24) is 5.32 Å². The van der Waals surface area contributed by atoms with Gasteiger partial charge in [0.2, 0.25) is 0 Å². The molecule has 1 aromatic carbocycles. The van der Waals surface area contributed by atoms with Crippen LogP contribution in [0.2, 0.25) is 0 Å². The van der Waals surface area contributed by atoms with Gasteiger partial charge in [-0.1, -0.05) is 0 Å². The number of halogens is 8. The van der Waals surface area contributed by atoms with Gasteiger partial charge >= 0.3 is 27.5 Å². The van der Waals surface area contributed by atoms with E-state index in [2.05, 4.69) is 10.1 Å². The molecule has 3 aliphatic heterocycles. The van der Waals surface area contributed by atoms with Crippen LogP contribution in [0.4, 0.5) is 22.0 Å². The fourth-order valence-electron chi connectivity index (χ4n) is 4.41. The number of amides is 1. The number of alkyl halides is 5. The van der Waals surface area contributed by atoms with Gasteiger partial charge in [-0.2, -0.15) is 38.8 Å². The zero-order valence-corrected chi connectivity index (χ0v) is 25.8. The Balaban J connectivity index is 1.67. The van der Waals surface area contributed by atoms with E-state index in [1.807, 2.05) is 67.8 Å². The van der Waals surface area contributed by atoms with Gasteiger partial charge in [-0.05, 0) is 79.9 Å². The van der Waals surface area contributed by atoms with Gasteiger partial charge in [-0.3, -0.25) is 18.3 Å². The van der Waals surface area contributed by atoms with E-state index < -0.39 is 85.2 Å². The summed E-state index contributed by atoms with van der Waals surface area (Å²) in [6.45, 7) is 0. The molecule has 7 atom stereocenters. The normalized spacial score (nSPS) is 30.8. The van der Waals surface area contributed by atoms with Gasteiger partial charge in [0, 0.05) is 10.7 Å². The number of nitrogens with one attached hydrogen (secondary N) is 1. The number of hydrogen-bond acceptors (Lipinski definition) is 9. The predicted molar refractivity (Wildman–Crippen MR) is 138 cm³/mol. The molecule has 0 aliphatic carbocycles. The Labute approximate surface area is 251 Å². The lowest BCUT2D eigenvalue weighted by Gasteiger charge is -2.31. The molecule has 38 heavy (non-hydrogen) atoms. The fraction of sp³-hybridized carbons (Fsp3) is 0.529. The molecule has 4 rings (SSSR count). The quantitative estimate of drug-likeness (QED) is 0.108. The van der Waals surface area contributed by atoms with Gasteiger partial charge in [-0.15, -0.1) is 0 Å². The molecule has 0 spiro atoms. The Kier molecular flexibility index (Phi) is 8.05. The van der Waals surface area contributed by atoms with Gasteiger partial charge in [0.05, 0.1) is 17.7 Å². The van der Waals surface area contributed by atoms with E-state index in [4.69, 9.17) is 13.5 Å². The van der Waals surface area contributed by atoms with Crippen molar-refractivity contribution in [2.75, 3.05) is 0 Å². The lowest BCUT2D eigenvalue weighted by Crippen LogP contribution is -2.58. The van der Waals surface area contributed by atoms with Crippen molar-refractivity contribution < 1.29 is 66.6 Å². The van der Waals surface area contributed by atoms with Crippen LogP contribution in [0.3, 0.4) is 0 Å². The Bertz CT molecular complexity index is 1420. The monoisotopic (exact) mass is 929 g/mol. The molecule has 3 saturated heterocycles. The van der Waals surface area contributed by atoms with Crippen LogP contribution >= 0.6 is 67.8 Å². The van der Waals surface area contributed by atoms with Crippen molar-refractivity contribution in [2.45, 2.75) is 47.1 Å². The summed E-state index contributed by atoms with van der Waals surface area (Å²) >= 11 is 5.77. The van der Waals surface area contributed by atoms with Gasteiger partial charge in [0.25, 0.3) is 22.1 Å². The Morgan fingerprint density at radius 3 is 2.24 bits per heavy atom. The molecule has 3 fully saturated rings. The number of rotatable bonds is 6. The second-order valence-electron chi connectivity index (χ2n) is 8.25.